The van der Waals surface area contributed by atoms with E-state index in [0.29, 0.717) is 0 Å². The minimum atomic E-state index is -1.15. The number of hydrogen-bond donors (Lipinski definition) is 1. The average Bonchev–Trinajstić information content (AvgIpc) is 2.15. The third kappa shape index (κ3) is 9.00. The van der Waals surface area contributed by atoms with E-state index < -0.39 is 11.9 Å². The number of esters is 1. The number of unbranched alkanes of at least 4 members (excludes halogenated alkanes) is 2. The van der Waals surface area contributed by atoms with Crippen molar-refractivity contribution in [1.29, 1.82) is 0 Å². The summed E-state index contributed by atoms with van der Waals surface area (Å²) in [5.74, 6) is -1.74. The molecule has 86 valence electrons. The van der Waals surface area contributed by atoms with Gasteiger partial charge in [0.05, 0.1) is 6.10 Å². The van der Waals surface area contributed by atoms with Crippen LogP contribution in [0.3, 0.4) is 0 Å². The maximum atomic E-state index is 11.0. The lowest BCUT2D eigenvalue weighted by atomic mass is 10.1. The van der Waals surface area contributed by atoms with E-state index in [1.54, 1.807) is 0 Å². The highest BCUT2D eigenvalue weighted by Crippen LogP contribution is 2.06. The standard InChI is InChI=1S/C11H18O4/c1-3-4-5-6-9(2)15-11(14)8-7-10(12)13/h7-9H,3-6H2,1-2H3,(H,12,13)/b8-7-. The molecular weight excluding hydrogens is 196 g/mol. The molecule has 0 fully saturated rings. The first-order chi connectivity index (χ1) is 7.06. The summed E-state index contributed by atoms with van der Waals surface area (Å²) in [5.41, 5.74) is 0. The number of carbonyl (C=O) groups excluding carboxylic acids is 1. The van der Waals surface area contributed by atoms with Crippen LogP contribution in [0.25, 0.3) is 0 Å². The van der Waals surface area contributed by atoms with Gasteiger partial charge in [-0.2, -0.15) is 0 Å². The maximum absolute atomic E-state index is 11.0. The van der Waals surface area contributed by atoms with Gasteiger partial charge in [0.2, 0.25) is 0 Å². The summed E-state index contributed by atoms with van der Waals surface area (Å²) in [6, 6.07) is 0. The van der Waals surface area contributed by atoms with Crippen molar-refractivity contribution in [1.82, 2.24) is 0 Å². The molecule has 15 heavy (non-hydrogen) atoms. The molecule has 1 atom stereocenters. The molecule has 4 heteroatoms. The maximum Gasteiger partial charge on any atom is 0.331 e. The number of hydrogen-bond acceptors (Lipinski definition) is 3. The van der Waals surface area contributed by atoms with E-state index in [1.165, 1.54) is 0 Å². The Bertz CT molecular complexity index is 233. The van der Waals surface area contributed by atoms with Crippen molar-refractivity contribution in [2.24, 2.45) is 0 Å². The minimum Gasteiger partial charge on any atom is -0.478 e. The summed E-state index contributed by atoms with van der Waals surface area (Å²) in [6.07, 6.45) is 5.64. The second-order valence-electron chi connectivity index (χ2n) is 3.41. The van der Waals surface area contributed by atoms with E-state index >= 15 is 0 Å². The Morgan fingerprint density at radius 3 is 2.53 bits per heavy atom. The molecule has 0 aliphatic carbocycles. The Kier molecular flexibility index (Phi) is 7.32. The van der Waals surface area contributed by atoms with E-state index in [0.717, 1.165) is 37.8 Å². The molecule has 0 aromatic rings. The van der Waals surface area contributed by atoms with Gasteiger partial charge in [-0.25, -0.2) is 9.59 Å². The van der Waals surface area contributed by atoms with Crippen LogP contribution < -0.4 is 0 Å². The van der Waals surface area contributed by atoms with Gasteiger partial charge in [-0.1, -0.05) is 19.8 Å². The fourth-order valence-electron chi connectivity index (χ4n) is 1.12. The topological polar surface area (TPSA) is 63.6 Å². The molecule has 0 amide bonds. The number of carbonyl (C=O) groups is 2. The van der Waals surface area contributed by atoms with E-state index in [-0.39, 0.29) is 6.10 Å². The molecular formula is C11H18O4. The van der Waals surface area contributed by atoms with E-state index in [2.05, 4.69) is 6.92 Å². The summed E-state index contributed by atoms with van der Waals surface area (Å²) in [6.45, 7) is 3.91. The molecule has 1 unspecified atom stereocenters. The van der Waals surface area contributed by atoms with Crippen LogP contribution in [0.2, 0.25) is 0 Å². The Balaban J connectivity index is 3.71. The predicted octanol–water partition coefficient (Wildman–Crippen LogP) is 2.14. The summed E-state index contributed by atoms with van der Waals surface area (Å²) < 4.78 is 4.96. The number of ether oxygens (including phenoxy) is 1. The van der Waals surface area contributed by atoms with Crippen LogP contribution in [0.1, 0.15) is 39.5 Å². The Morgan fingerprint density at radius 2 is 2.00 bits per heavy atom. The lowest BCUT2D eigenvalue weighted by Gasteiger charge is -2.10. The fourth-order valence-corrected chi connectivity index (χ4v) is 1.12. The highest BCUT2D eigenvalue weighted by atomic mass is 16.5. The van der Waals surface area contributed by atoms with E-state index in [4.69, 9.17) is 9.84 Å². The normalized spacial score (nSPS) is 12.7. The molecule has 0 aromatic heterocycles. The minimum absolute atomic E-state index is 0.150. The first kappa shape index (κ1) is 13.7. The number of carboxylic acids is 1. The quantitative estimate of drug-likeness (QED) is 0.400. The second-order valence-corrected chi connectivity index (χ2v) is 3.41. The summed E-state index contributed by atoms with van der Waals surface area (Å²) in [4.78, 5) is 21.1. The molecule has 0 radical (unpaired) electrons. The molecule has 0 bridgehead atoms. The lowest BCUT2D eigenvalue weighted by Crippen LogP contribution is -2.13. The van der Waals surface area contributed by atoms with Gasteiger partial charge in [-0.05, 0) is 19.8 Å². The first-order valence-electron chi connectivity index (χ1n) is 5.18. The zero-order valence-electron chi connectivity index (χ0n) is 9.23. The molecule has 0 saturated heterocycles. The van der Waals surface area contributed by atoms with Gasteiger partial charge in [0.15, 0.2) is 0 Å². The van der Waals surface area contributed by atoms with Gasteiger partial charge < -0.3 is 9.84 Å². The summed E-state index contributed by atoms with van der Waals surface area (Å²) in [7, 11) is 0. The zero-order chi connectivity index (χ0) is 11.7. The molecule has 1 N–H and O–H groups in total. The largest absolute Gasteiger partial charge is 0.478 e. The Labute approximate surface area is 89.9 Å². The molecule has 0 aromatic carbocycles. The van der Waals surface area contributed by atoms with Gasteiger partial charge in [0.25, 0.3) is 0 Å². The molecule has 0 spiro atoms. The van der Waals surface area contributed by atoms with Gasteiger partial charge in [-0.15, -0.1) is 0 Å². The molecule has 0 aliphatic heterocycles. The zero-order valence-corrected chi connectivity index (χ0v) is 9.23. The van der Waals surface area contributed by atoms with Crippen molar-refractivity contribution in [3.8, 4) is 0 Å². The number of rotatable bonds is 7. The van der Waals surface area contributed by atoms with Crippen molar-refractivity contribution >= 4 is 11.9 Å². The predicted molar refractivity (Wildman–Crippen MR) is 56.5 cm³/mol. The fraction of sp³-hybridized carbons (Fsp3) is 0.636. The van der Waals surface area contributed by atoms with Crippen LogP contribution in [0.15, 0.2) is 12.2 Å². The summed E-state index contributed by atoms with van der Waals surface area (Å²) in [5, 5.41) is 8.28. The number of carboxylic acid groups (broad SMARTS) is 1. The van der Waals surface area contributed by atoms with Gasteiger partial charge >= 0.3 is 11.9 Å². The molecule has 4 nitrogen and oxygen atoms in total. The van der Waals surface area contributed by atoms with Crippen LogP contribution >= 0.6 is 0 Å². The SMILES string of the molecule is CCCCCC(C)OC(=O)/C=C\C(=O)O. The van der Waals surface area contributed by atoms with E-state index in [1.807, 2.05) is 6.92 Å². The van der Waals surface area contributed by atoms with Crippen LogP contribution in [-0.4, -0.2) is 23.1 Å². The van der Waals surface area contributed by atoms with Crippen molar-refractivity contribution < 1.29 is 19.4 Å². The monoisotopic (exact) mass is 214 g/mol. The van der Waals surface area contributed by atoms with Crippen LogP contribution in [-0.2, 0) is 14.3 Å². The van der Waals surface area contributed by atoms with Gasteiger partial charge in [0.1, 0.15) is 0 Å². The third-order valence-corrected chi connectivity index (χ3v) is 1.89. The molecule has 0 rings (SSSR count). The molecule has 0 aliphatic rings. The van der Waals surface area contributed by atoms with Crippen molar-refractivity contribution in [2.45, 2.75) is 45.6 Å². The lowest BCUT2D eigenvalue weighted by molar-refractivity contribution is -0.143. The van der Waals surface area contributed by atoms with Crippen LogP contribution in [0.5, 0.6) is 0 Å². The molecule has 0 heterocycles. The van der Waals surface area contributed by atoms with Crippen LogP contribution in [0, 0.1) is 0 Å². The van der Waals surface area contributed by atoms with Gasteiger partial charge in [0, 0.05) is 12.2 Å². The highest BCUT2D eigenvalue weighted by Gasteiger charge is 2.06. The summed E-state index contributed by atoms with van der Waals surface area (Å²) >= 11 is 0. The number of aliphatic carboxylic acids is 1. The van der Waals surface area contributed by atoms with Gasteiger partial charge in [-0.3, -0.25) is 0 Å². The smallest absolute Gasteiger partial charge is 0.331 e. The first-order valence-corrected chi connectivity index (χ1v) is 5.18. The molecule has 0 saturated carbocycles. The highest BCUT2D eigenvalue weighted by molar-refractivity contribution is 5.90. The van der Waals surface area contributed by atoms with Crippen molar-refractivity contribution in [3.63, 3.8) is 0 Å². The van der Waals surface area contributed by atoms with Crippen LogP contribution in [0.4, 0.5) is 0 Å². The average molecular weight is 214 g/mol. The van der Waals surface area contributed by atoms with Crippen molar-refractivity contribution in [3.05, 3.63) is 12.2 Å². The van der Waals surface area contributed by atoms with Crippen molar-refractivity contribution in [2.75, 3.05) is 0 Å². The van der Waals surface area contributed by atoms with E-state index in [9.17, 15) is 9.59 Å². The Morgan fingerprint density at radius 1 is 1.33 bits per heavy atom. The second kappa shape index (κ2) is 8.03. The Hall–Kier alpha value is -1.32. The third-order valence-electron chi connectivity index (χ3n) is 1.89.